The lowest BCUT2D eigenvalue weighted by Gasteiger charge is -2.33. The molecule has 1 aromatic carbocycles. The van der Waals surface area contributed by atoms with Crippen molar-refractivity contribution in [3.8, 4) is 0 Å². The van der Waals surface area contributed by atoms with Crippen LogP contribution < -0.4 is 0 Å². The van der Waals surface area contributed by atoms with Crippen molar-refractivity contribution < 1.29 is 8.42 Å². The molecule has 1 unspecified atom stereocenters. The molecule has 1 aliphatic heterocycles. The number of piperazine rings is 1. The van der Waals surface area contributed by atoms with Crippen LogP contribution in [0.5, 0.6) is 0 Å². The fraction of sp³-hybridized carbons (Fsp3) is 0.647. The largest absolute Gasteiger partial charge is 0.301 e. The third-order valence-electron chi connectivity index (χ3n) is 4.57. The van der Waals surface area contributed by atoms with E-state index in [9.17, 15) is 8.42 Å². The Balaban J connectivity index is 2.07. The van der Waals surface area contributed by atoms with Crippen molar-refractivity contribution in [2.45, 2.75) is 44.4 Å². The molecule has 0 saturated carbocycles. The first-order valence-corrected chi connectivity index (χ1v) is 9.75. The predicted octanol–water partition coefficient (Wildman–Crippen LogP) is 2.92. The Labute approximate surface area is 135 Å². The molecule has 5 heteroatoms. The van der Waals surface area contributed by atoms with Gasteiger partial charge in [-0.3, -0.25) is 0 Å². The maximum absolute atomic E-state index is 12.7. The van der Waals surface area contributed by atoms with Gasteiger partial charge in [0.05, 0.1) is 4.90 Å². The van der Waals surface area contributed by atoms with Crippen LogP contribution in [-0.2, 0) is 10.0 Å². The summed E-state index contributed by atoms with van der Waals surface area (Å²) in [7, 11) is -3.34. The summed E-state index contributed by atoms with van der Waals surface area (Å²) in [6.07, 6.45) is 2.18. The van der Waals surface area contributed by atoms with Gasteiger partial charge in [-0.2, -0.15) is 4.31 Å². The molecule has 1 fully saturated rings. The summed E-state index contributed by atoms with van der Waals surface area (Å²) in [5.74, 6) is 0.467. The minimum atomic E-state index is -3.34. The molecule has 1 aliphatic rings. The highest BCUT2D eigenvalue weighted by molar-refractivity contribution is 7.89. The van der Waals surface area contributed by atoms with Gasteiger partial charge >= 0.3 is 0 Å². The number of hydrogen-bond acceptors (Lipinski definition) is 3. The monoisotopic (exact) mass is 324 g/mol. The van der Waals surface area contributed by atoms with Crippen LogP contribution in [0.2, 0.25) is 0 Å². The molecule has 0 spiro atoms. The third-order valence-corrected chi connectivity index (χ3v) is 6.48. The van der Waals surface area contributed by atoms with Crippen molar-refractivity contribution >= 4 is 10.0 Å². The van der Waals surface area contributed by atoms with Gasteiger partial charge in [-0.05, 0) is 43.0 Å². The molecule has 1 atom stereocenters. The Hall–Kier alpha value is -0.910. The Morgan fingerprint density at radius 1 is 1.05 bits per heavy atom. The summed E-state index contributed by atoms with van der Waals surface area (Å²) in [6, 6.07) is 7.42. The highest BCUT2D eigenvalue weighted by atomic mass is 32.2. The molecular formula is C17H28N2O2S. The first kappa shape index (κ1) is 17.4. The van der Waals surface area contributed by atoms with Crippen molar-refractivity contribution in [1.29, 1.82) is 0 Å². The highest BCUT2D eigenvalue weighted by Crippen LogP contribution is 2.23. The van der Waals surface area contributed by atoms with Crippen LogP contribution in [0.25, 0.3) is 0 Å². The Kier molecular flexibility index (Phi) is 6.01. The van der Waals surface area contributed by atoms with E-state index in [4.69, 9.17) is 0 Å². The van der Waals surface area contributed by atoms with Crippen LogP contribution in [0.4, 0.5) is 0 Å². The smallest absolute Gasteiger partial charge is 0.243 e. The van der Waals surface area contributed by atoms with Crippen LogP contribution in [0.15, 0.2) is 29.2 Å². The second-order valence-electron chi connectivity index (χ2n) is 6.12. The summed E-state index contributed by atoms with van der Waals surface area (Å²) < 4.78 is 27.0. The van der Waals surface area contributed by atoms with Crippen LogP contribution >= 0.6 is 0 Å². The van der Waals surface area contributed by atoms with Gasteiger partial charge in [0.2, 0.25) is 10.0 Å². The molecule has 0 aliphatic carbocycles. The zero-order valence-electron chi connectivity index (χ0n) is 14.0. The van der Waals surface area contributed by atoms with E-state index in [1.807, 2.05) is 12.1 Å². The lowest BCUT2D eigenvalue weighted by atomic mass is 9.99. The summed E-state index contributed by atoms with van der Waals surface area (Å²) >= 11 is 0. The zero-order valence-corrected chi connectivity index (χ0v) is 14.8. The van der Waals surface area contributed by atoms with E-state index in [2.05, 4.69) is 25.7 Å². The molecule has 124 valence electrons. The second-order valence-corrected chi connectivity index (χ2v) is 8.06. The van der Waals surface area contributed by atoms with Gasteiger partial charge in [-0.15, -0.1) is 0 Å². The van der Waals surface area contributed by atoms with E-state index in [-0.39, 0.29) is 0 Å². The maximum Gasteiger partial charge on any atom is 0.243 e. The van der Waals surface area contributed by atoms with Gasteiger partial charge in [0.1, 0.15) is 0 Å². The van der Waals surface area contributed by atoms with E-state index in [0.29, 0.717) is 23.9 Å². The Bertz CT molecular complexity index is 561. The Morgan fingerprint density at radius 2 is 1.64 bits per heavy atom. The highest BCUT2D eigenvalue weighted by Gasteiger charge is 2.28. The fourth-order valence-corrected chi connectivity index (χ4v) is 4.28. The van der Waals surface area contributed by atoms with E-state index < -0.39 is 10.0 Å². The first-order valence-electron chi connectivity index (χ1n) is 8.31. The summed E-state index contributed by atoms with van der Waals surface area (Å²) in [6.45, 7) is 10.4. The lowest BCUT2D eigenvalue weighted by Crippen LogP contribution is -2.48. The molecule has 0 bridgehead atoms. The van der Waals surface area contributed by atoms with E-state index in [1.54, 1.807) is 16.4 Å². The van der Waals surface area contributed by atoms with Gasteiger partial charge in [-0.1, -0.05) is 32.9 Å². The summed E-state index contributed by atoms with van der Waals surface area (Å²) in [5, 5.41) is 0. The number of benzene rings is 1. The van der Waals surface area contributed by atoms with Crippen LogP contribution in [0, 0.1) is 0 Å². The minimum Gasteiger partial charge on any atom is -0.301 e. The van der Waals surface area contributed by atoms with Crippen molar-refractivity contribution in [3.63, 3.8) is 0 Å². The molecule has 2 rings (SSSR count). The summed E-state index contributed by atoms with van der Waals surface area (Å²) in [5.41, 5.74) is 1.20. The fourth-order valence-electron chi connectivity index (χ4n) is 2.86. The molecule has 1 aromatic rings. The van der Waals surface area contributed by atoms with Gasteiger partial charge in [-0.25, -0.2) is 8.42 Å². The molecular weight excluding hydrogens is 296 g/mol. The van der Waals surface area contributed by atoms with Gasteiger partial charge < -0.3 is 4.90 Å². The standard InChI is InChI=1S/C17H28N2O2S/c1-4-10-18-11-13-19(14-12-18)22(20,21)17-8-6-16(7-9-17)15(3)5-2/h6-9,15H,4-5,10-14H2,1-3H3. The SMILES string of the molecule is CCCN1CCN(S(=O)(=O)c2ccc(C(C)CC)cc2)CC1. The van der Waals surface area contributed by atoms with E-state index in [1.165, 1.54) is 5.56 Å². The predicted molar refractivity (Wildman–Crippen MR) is 90.6 cm³/mol. The first-order chi connectivity index (χ1) is 10.5. The topological polar surface area (TPSA) is 40.6 Å². The number of rotatable bonds is 6. The molecule has 4 nitrogen and oxygen atoms in total. The lowest BCUT2D eigenvalue weighted by molar-refractivity contribution is 0.188. The Morgan fingerprint density at radius 3 is 2.14 bits per heavy atom. The molecule has 22 heavy (non-hydrogen) atoms. The normalized spacial score (nSPS) is 19.2. The average molecular weight is 324 g/mol. The van der Waals surface area contributed by atoms with Gasteiger partial charge in [0, 0.05) is 26.2 Å². The maximum atomic E-state index is 12.7. The molecule has 0 aromatic heterocycles. The van der Waals surface area contributed by atoms with Gasteiger partial charge in [0.25, 0.3) is 0 Å². The zero-order chi connectivity index (χ0) is 16.2. The van der Waals surface area contributed by atoms with Crippen molar-refractivity contribution in [2.75, 3.05) is 32.7 Å². The van der Waals surface area contributed by atoms with Crippen LogP contribution in [-0.4, -0.2) is 50.3 Å². The molecule has 0 amide bonds. The van der Waals surface area contributed by atoms with Crippen LogP contribution in [0.3, 0.4) is 0 Å². The average Bonchev–Trinajstić information content (AvgIpc) is 2.55. The molecule has 1 heterocycles. The molecule has 0 radical (unpaired) electrons. The quantitative estimate of drug-likeness (QED) is 0.808. The number of sulfonamides is 1. The van der Waals surface area contributed by atoms with Gasteiger partial charge in [0.15, 0.2) is 0 Å². The van der Waals surface area contributed by atoms with Crippen molar-refractivity contribution in [1.82, 2.24) is 9.21 Å². The molecule has 1 saturated heterocycles. The van der Waals surface area contributed by atoms with Crippen LogP contribution in [0.1, 0.15) is 45.1 Å². The third kappa shape index (κ3) is 3.89. The van der Waals surface area contributed by atoms with E-state index >= 15 is 0 Å². The van der Waals surface area contributed by atoms with E-state index in [0.717, 1.165) is 32.5 Å². The summed E-state index contributed by atoms with van der Waals surface area (Å²) in [4.78, 5) is 2.75. The van der Waals surface area contributed by atoms with Crippen molar-refractivity contribution in [3.05, 3.63) is 29.8 Å². The number of hydrogen-bond donors (Lipinski definition) is 0. The minimum absolute atomic E-state index is 0.420. The molecule has 0 N–H and O–H groups in total. The number of nitrogens with zero attached hydrogens (tertiary/aromatic N) is 2. The second kappa shape index (κ2) is 7.57. The van der Waals surface area contributed by atoms with Crippen molar-refractivity contribution in [2.24, 2.45) is 0 Å².